The van der Waals surface area contributed by atoms with E-state index in [1.165, 1.54) is 6.26 Å². The minimum Gasteiger partial charge on any atom is -0.507 e. The number of ketones is 1. The number of phenols is 1. The molecule has 114 valence electrons. The van der Waals surface area contributed by atoms with E-state index < -0.39 is 0 Å². The third kappa shape index (κ3) is 2.40. The maximum absolute atomic E-state index is 12.6. The van der Waals surface area contributed by atoms with Crippen LogP contribution in [0.1, 0.15) is 27.2 Å². The summed E-state index contributed by atoms with van der Waals surface area (Å²) >= 11 is 0. The van der Waals surface area contributed by atoms with Gasteiger partial charge in [0.15, 0.2) is 11.5 Å². The maximum Gasteiger partial charge on any atom is 0.232 e. The van der Waals surface area contributed by atoms with Gasteiger partial charge in [-0.3, -0.25) is 4.79 Å². The molecule has 0 spiro atoms. The number of quaternary nitrogens is 1. The largest absolute Gasteiger partial charge is 0.507 e. The molecule has 2 aromatic rings. The zero-order valence-corrected chi connectivity index (χ0v) is 12.8. The van der Waals surface area contributed by atoms with Gasteiger partial charge in [-0.15, -0.1) is 0 Å². The van der Waals surface area contributed by atoms with E-state index in [9.17, 15) is 9.90 Å². The molecule has 1 aliphatic heterocycles. The van der Waals surface area contributed by atoms with Crippen molar-refractivity contribution in [2.24, 2.45) is 0 Å². The van der Waals surface area contributed by atoms with Crippen molar-refractivity contribution in [3.05, 3.63) is 52.7 Å². The van der Waals surface area contributed by atoms with Gasteiger partial charge < -0.3 is 19.2 Å². The van der Waals surface area contributed by atoms with Crippen molar-refractivity contribution in [2.75, 3.05) is 14.1 Å². The lowest BCUT2D eigenvalue weighted by atomic mass is 9.99. The molecule has 0 aliphatic carbocycles. The highest BCUT2D eigenvalue weighted by molar-refractivity contribution is 6.15. The number of Topliss-reactive ketones (excluding diaryl/α,β-unsaturated/α-hetero) is 1. The van der Waals surface area contributed by atoms with Crippen LogP contribution in [0.15, 0.2) is 34.6 Å². The number of fused-ring (bicyclic) bond motifs is 1. The third-order valence-electron chi connectivity index (χ3n) is 3.57. The van der Waals surface area contributed by atoms with Crippen LogP contribution in [0.4, 0.5) is 0 Å². The highest BCUT2D eigenvalue weighted by Crippen LogP contribution is 2.41. The smallest absolute Gasteiger partial charge is 0.232 e. The first-order valence-electron chi connectivity index (χ1n) is 7.09. The second kappa shape index (κ2) is 5.35. The number of ether oxygens (including phenoxy) is 1. The summed E-state index contributed by atoms with van der Waals surface area (Å²) in [6.07, 6.45) is 3.11. The van der Waals surface area contributed by atoms with Crippen LogP contribution in [0.25, 0.3) is 6.08 Å². The molecule has 5 nitrogen and oxygen atoms in total. The Labute approximate surface area is 128 Å². The molecule has 1 aliphatic rings. The number of hydrogen-bond acceptors (Lipinski definition) is 4. The fourth-order valence-electron chi connectivity index (χ4n) is 2.61. The Morgan fingerprint density at radius 1 is 1.36 bits per heavy atom. The molecule has 0 amide bonds. The Morgan fingerprint density at radius 3 is 2.77 bits per heavy atom. The van der Waals surface area contributed by atoms with Crippen molar-refractivity contribution in [1.29, 1.82) is 0 Å². The number of rotatable bonds is 3. The Kier molecular flexibility index (Phi) is 3.50. The molecule has 3 rings (SSSR count). The lowest BCUT2D eigenvalue weighted by Crippen LogP contribution is -3.04. The Bertz CT molecular complexity index is 757. The highest BCUT2D eigenvalue weighted by atomic mass is 16.5. The van der Waals surface area contributed by atoms with Gasteiger partial charge in [0, 0.05) is 6.08 Å². The molecule has 22 heavy (non-hydrogen) atoms. The zero-order valence-electron chi connectivity index (χ0n) is 12.8. The maximum atomic E-state index is 12.6. The van der Waals surface area contributed by atoms with Crippen LogP contribution in [0.2, 0.25) is 0 Å². The summed E-state index contributed by atoms with van der Waals surface area (Å²) in [4.78, 5) is 13.7. The highest BCUT2D eigenvalue weighted by Gasteiger charge is 2.34. The summed E-state index contributed by atoms with van der Waals surface area (Å²) in [5, 5.41) is 10.2. The zero-order chi connectivity index (χ0) is 15.9. The molecular formula is C17H18NO4+. The number of carbonyl (C=O) groups excluding carboxylic acids is 1. The Morgan fingerprint density at radius 2 is 2.14 bits per heavy atom. The summed E-state index contributed by atoms with van der Waals surface area (Å²) in [7, 11) is 3.95. The number of hydrogen-bond donors (Lipinski definition) is 2. The number of allylic oxidation sites excluding steroid dienone is 1. The van der Waals surface area contributed by atoms with Gasteiger partial charge in [-0.25, -0.2) is 0 Å². The van der Waals surface area contributed by atoms with Crippen LogP contribution in [0.5, 0.6) is 11.5 Å². The summed E-state index contributed by atoms with van der Waals surface area (Å²) in [5.41, 5.74) is 1.88. The molecule has 0 atom stereocenters. The van der Waals surface area contributed by atoms with Gasteiger partial charge in [-0.1, -0.05) is 0 Å². The number of nitrogens with one attached hydrogen (secondary N) is 1. The number of carbonyl (C=O) groups is 1. The fraction of sp³-hybridized carbons (Fsp3) is 0.235. The average molecular weight is 300 g/mol. The van der Waals surface area contributed by atoms with Crippen LogP contribution < -0.4 is 9.64 Å². The predicted molar refractivity (Wildman–Crippen MR) is 81.0 cm³/mol. The summed E-state index contributed by atoms with van der Waals surface area (Å²) in [6.45, 7) is 2.36. The van der Waals surface area contributed by atoms with E-state index >= 15 is 0 Å². The minimum atomic E-state index is -0.182. The van der Waals surface area contributed by atoms with E-state index in [4.69, 9.17) is 9.15 Å². The van der Waals surface area contributed by atoms with Crippen molar-refractivity contribution >= 4 is 11.9 Å². The first-order valence-corrected chi connectivity index (χ1v) is 7.09. The van der Waals surface area contributed by atoms with Gasteiger partial charge in [0.2, 0.25) is 5.78 Å². The minimum absolute atomic E-state index is 0.157. The normalized spacial score (nSPS) is 15.5. The van der Waals surface area contributed by atoms with Gasteiger partial charge in [0.25, 0.3) is 0 Å². The van der Waals surface area contributed by atoms with Gasteiger partial charge >= 0.3 is 0 Å². The topological polar surface area (TPSA) is 64.1 Å². The molecular weight excluding hydrogens is 282 g/mol. The predicted octanol–water partition coefficient (Wildman–Crippen LogP) is 1.55. The van der Waals surface area contributed by atoms with Crippen molar-refractivity contribution in [3.63, 3.8) is 0 Å². The van der Waals surface area contributed by atoms with E-state index in [0.717, 1.165) is 4.90 Å². The lowest BCUT2D eigenvalue weighted by molar-refractivity contribution is -0.872. The monoisotopic (exact) mass is 300 g/mol. The molecule has 1 aromatic carbocycles. The van der Waals surface area contributed by atoms with Gasteiger partial charge in [0.05, 0.1) is 31.5 Å². The van der Waals surface area contributed by atoms with Crippen LogP contribution in [0, 0.1) is 6.92 Å². The molecule has 0 saturated carbocycles. The number of aryl methyl sites for hydroxylation is 1. The lowest BCUT2D eigenvalue weighted by Gasteiger charge is -2.13. The summed E-state index contributed by atoms with van der Waals surface area (Å²) in [6, 6.07) is 5.12. The number of benzene rings is 1. The van der Waals surface area contributed by atoms with Crippen LogP contribution in [-0.4, -0.2) is 25.0 Å². The fourth-order valence-corrected chi connectivity index (χ4v) is 2.61. The number of furan rings is 1. The second-order valence-electron chi connectivity index (χ2n) is 5.73. The van der Waals surface area contributed by atoms with E-state index in [-0.39, 0.29) is 17.3 Å². The molecule has 1 aromatic heterocycles. The van der Waals surface area contributed by atoms with Crippen molar-refractivity contribution < 1.29 is 24.0 Å². The molecule has 0 radical (unpaired) electrons. The average Bonchev–Trinajstić information content (AvgIpc) is 3.04. The van der Waals surface area contributed by atoms with Gasteiger partial charge in [0.1, 0.15) is 18.1 Å². The molecule has 0 fully saturated rings. The Balaban J connectivity index is 2.09. The molecule has 2 N–H and O–H groups in total. The van der Waals surface area contributed by atoms with Crippen LogP contribution in [-0.2, 0) is 6.54 Å². The van der Waals surface area contributed by atoms with Crippen molar-refractivity contribution in [3.8, 4) is 11.5 Å². The summed E-state index contributed by atoms with van der Waals surface area (Å²) < 4.78 is 11.0. The van der Waals surface area contributed by atoms with E-state index in [1.807, 2.05) is 14.1 Å². The van der Waals surface area contributed by atoms with Gasteiger partial charge in [-0.05, 0) is 30.7 Å². The van der Waals surface area contributed by atoms with Crippen molar-refractivity contribution in [1.82, 2.24) is 0 Å². The number of phenolic OH excluding ortho intramolecular Hbond substituents is 1. The van der Waals surface area contributed by atoms with Crippen LogP contribution >= 0.6 is 0 Å². The number of aromatic hydroxyl groups is 1. The molecule has 5 heteroatoms. The first kappa shape index (κ1) is 14.4. The third-order valence-corrected chi connectivity index (χ3v) is 3.57. The standard InChI is InChI=1S/C17H17NO4/c1-10-7-13(19)12(9-18(2)3)17-15(10)16(20)14(22-17)8-11-5-4-6-21-11/h4-8,19H,9H2,1-3H3/p+1/b14-8-. The first-order chi connectivity index (χ1) is 10.5. The quantitative estimate of drug-likeness (QED) is 0.844. The molecule has 0 bridgehead atoms. The van der Waals surface area contributed by atoms with E-state index in [1.54, 1.807) is 31.2 Å². The molecule has 0 saturated heterocycles. The Hall–Kier alpha value is -2.53. The molecule has 2 heterocycles. The van der Waals surface area contributed by atoms with Crippen LogP contribution in [0.3, 0.4) is 0 Å². The summed E-state index contributed by atoms with van der Waals surface area (Å²) in [5.74, 6) is 1.20. The van der Waals surface area contributed by atoms with Crippen molar-refractivity contribution in [2.45, 2.75) is 13.5 Å². The second-order valence-corrected chi connectivity index (χ2v) is 5.73. The van der Waals surface area contributed by atoms with E-state index in [0.29, 0.717) is 34.7 Å². The van der Waals surface area contributed by atoms with E-state index in [2.05, 4.69) is 0 Å². The SMILES string of the molecule is Cc1cc(O)c(C[NH+](C)C)c2c1C(=O)/C(=C/c1ccco1)O2. The van der Waals surface area contributed by atoms with Gasteiger partial charge in [-0.2, -0.15) is 0 Å². The molecule has 0 unspecified atom stereocenters.